The lowest BCUT2D eigenvalue weighted by Gasteiger charge is -2.39. The quantitative estimate of drug-likeness (QED) is 0.481. The summed E-state index contributed by atoms with van der Waals surface area (Å²) in [7, 11) is 1.63. The number of para-hydroxylation sites is 2. The Bertz CT molecular complexity index is 1050. The van der Waals surface area contributed by atoms with Crippen LogP contribution in [0, 0.1) is 10.8 Å². The van der Waals surface area contributed by atoms with Gasteiger partial charge in [0.2, 0.25) is 5.91 Å². The minimum absolute atomic E-state index is 0.0594. The number of imidazole rings is 1. The molecular formula is C24H28N4O2. The van der Waals surface area contributed by atoms with Crippen molar-refractivity contribution in [2.24, 2.45) is 15.9 Å². The zero-order valence-electron chi connectivity index (χ0n) is 17.9. The standard InChI is InChI=1S/C24H28N4O2/c1-23(2)18(21-26-19-7-5-6-8-20(19)27-21)13-14-24(23,3)22(29)28-25-15-16-9-11-17(30-4)12-10-16/h5-12,15,18H,13-14H2,1-4H3,(H,26,27)(H,28,29)/b25-15-/t18-,24+/m0/s1. The first-order valence-corrected chi connectivity index (χ1v) is 10.3. The molecule has 1 aromatic heterocycles. The highest BCUT2D eigenvalue weighted by Crippen LogP contribution is 2.59. The Morgan fingerprint density at radius 1 is 1.20 bits per heavy atom. The van der Waals surface area contributed by atoms with Gasteiger partial charge in [0, 0.05) is 5.92 Å². The number of hydrogen-bond donors (Lipinski definition) is 2. The number of nitrogens with one attached hydrogen (secondary N) is 2. The molecule has 1 aliphatic carbocycles. The van der Waals surface area contributed by atoms with Crippen LogP contribution >= 0.6 is 0 Å². The Balaban J connectivity index is 1.50. The van der Waals surface area contributed by atoms with Crippen LogP contribution in [0.2, 0.25) is 0 Å². The summed E-state index contributed by atoms with van der Waals surface area (Å²) < 4.78 is 5.16. The normalized spacial score (nSPS) is 23.1. The summed E-state index contributed by atoms with van der Waals surface area (Å²) in [5, 5.41) is 4.20. The number of carbonyl (C=O) groups excluding carboxylic acids is 1. The molecule has 0 saturated heterocycles. The fraction of sp³-hybridized carbons (Fsp3) is 0.375. The van der Waals surface area contributed by atoms with Crippen molar-refractivity contribution in [1.29, 1.82) is 0 Å². The van der Waals surface area contributed by atoms with E-state index >= 15 is 0 Å². The molecule has 2 aromatic carbocycles. The van der Waals surface area contributed by atoms with E-state index < -0.39 is 5.41 Å². The second-order valence-electron chi connectivity index (χ2n) is 8.76. The molecule has 1 aliphatic rings. The van der Waals surface area contributed by atoms with Gasteiger partial charge in [-0.15, -0.1) is 0 Å². The van der Waals surface area contributed by atoms with Gasteiger partial charge in [0.15, 0.2) is 0 Å². The molecule has 3 aromatic rings. The van der Waals surface area contributed by atoms with E-state index in [9.17, 15) is 4.79 Å². The first-order valence-electron chi connectivity index (χ1n) is 10.3. The van der Waals surface area contributed by atoms with Gasteiger partial charge in [-0.3, -0.25) is 4.79 Å². The summed E-state index contributed by atoms with van der Waals surface area (Å²) in [6, 6.07) is 15.6. The molecule has 0 unspecified atom stereocenters. The Morgan fingerprint density at radius 2 is 1.93 bits per heavy atom. The van der Waals surface area contributed by atoms with E-state index in [0.29, 0.717) is 0 Å². The summed E-state index contributed by atoms with van der Waals surface area (Å²) in [5.41, 5.74) is 4.83. The van der Waals surface area contributed by atoms with Gasteiger partial charge in [0.05, 0.1) is 29.8 Å². The van der Waals surface area contributed by atoms with Crippen molar-refractivity contribution >= 4 is 23.2 Å². The topological polar surface area (TPSA) is 79.4 Å². The van der Waals surface area contributed by atoms with Gasteiger partial charge < -0.3 is 9.72 Å². The highest BCUT2D eigenvalue weighted by molar-refractivity contribution is 5.86. The summed E-state index contributed by atoms with van der Waals surface area (Å²) in [5.74, 6) is 1.86. The van der Waals surface area contributed by atoms with E-state index in [1.807, 2.05) is 55.5 Å². The highest BCUT2D eigenvalue weighted by atomic mass is 16.5. The molecule has 0 aliphatic heterocycles. The zero-order valence-corrected chi connectivity index (χ0v) is 17.9. The molecule has 1 fully saturated rings. The lowest BCUT2D eigenvalue weighted by Crippen LogP contribution is -2.45. The third-order valence-corrected chi connectivity index (χ3v) is 6.96. The molecule has 2 N–H and O–H groups in total. The number of benzene rings is 2. The van der Waals surface area contributed by atoms with Crippen LogP contribution in [-0.4, -0.2) is 29.2 Å². The van der Waals surface area contributed by atoms with Crippen LogP contribution in [-0.2, 0) is 4.79 Å². The third kappa shape index (κ3) is 3.36. The minimum atomic E-state index is -0.548. The second-order valence-corrected chi connectivity index (χ2v) is 8.76. The number of H-pyrrole nitrogens is 1. The first kappa shape index (κ1) is 20.1. The van der Waals surface area contributed by atoms with Crippen molar-refractivity contribution in [2.75, 3.05) is 7.11 Å². The number of rotatable bonds is 5. The van der Waals surface area contributed by atoms with Gasteiger partial charge in [0.25, 0.3) is 0 Å². The average Bonchev–Trinajstić information content (AvgIpc) is 3.27. The fourth-order valence-electron chi connectivity index (χ4n) is 4.50. The van der Waals surface area contributed by atoms with Crippen LogP contribution in [0.25, 0.3) is 11.0 Å². The molecule has 0 bridgehead atoms. The van der Waals surface area contributed by atoms with Crippen LogP contribution in [0.1, 0.15) is 50.9 Å². The molecule has 0 radical (unpaired) electrons. The van der Waals surface area contributed by atoms with Crippen LogP contribution in [0.15, 0.2) is 53.6 Å². The van der Waals surface area contributed by atoms with E-state index in [1.165, 1.54) is 0 Å². The maximum atomic E-state index is 13.1. The van der Waals surface area contributed by atoms with Gasteiger partial charge >= 0.3 is 0 Å². The number of amides is 1. The van der Waals surface area contributed by atoms with E-state index in [0.717, 1.165) is 41.0 Å². The van der Waals surface area contributed by atoms with Gasteiger partial charge in [-0.25, -0.2) is 10.4 Å². The first-order chi connectivity index (χ1) is 14.3. The van der Waals surface area contributed by atoms with Crippen LogP contribution in [0.3, 0.4) is 0 Å². The monoisotopic (exact) mass is 404 g/mol. The minimum Gasteiger partial charge on any atom is -0.497 e. The molecule has 1 saturated carbocycles. The summed E-state index contributed by atoms with van der Waals surface area (Å²) in [6.07, 6.45) is 3.34. The fourth-order valence-corrected chi connectivity index (χ4v) is 4.50. The predicted molar refractivity (Wildman–Crippen MR) is 119 cm³/mol. The number of aromatic nitrogens is 2. The van der Waals surface area contributed by atoms with Crippen molar-refractivity contribution in [2.45, 2.75) is 39.5 Å². The van der Waals surface area contributed by atoms with E-state index in [4.69, 9.17) is 9.72 Å². The predicted octanol–water partition coefficient (Wildman–Crippen LogP) is 4.63. The van der Waals surface area contributed by atoms with Crippen LogP contribution < -0.4 is 10.2 Å². The van der Waals surface area contributed by atoms with E-state index in [-0.39, 0.29) is 17.2 Å². The van der Waals surface area contributed by atoms with Crippen LogP contribution in [0.5, 0.6) is 5.75 Å². The molecular weight excluding hydrogens is 376 g/mol. The molecule has 4 rings (SSSR count). The number of nitrogens with zero attached hydrogens (tertiary/aromatic N) is 2. The number of ether oxygens (including phenoxy) is 1. The molecule has 1 amide bonds. The number of carbonyl (C=O) groups is 1. The second kappa shape index (κ2) is 7.59. The van der Waals surface area contributed by atoms with Crippen molar-refractivity contribution in [1.82, 2.24) is 15.4 Å². The summed E-state index contributed by atoms with van der Waals surface area (Å²) >= 11 is 0. The molecule has 6 heteroatoms. The van der Waals surface area contributed by atoms with Crippen molar-refractivity contribution in [3.8, 4) is 5.75 Å². The van der Waals surface area contributed by atoms with E-state index in [1.54, 1.807) is 13.3 Å². The van der Waals surface area contributed by atoms with E-state index in [2.05, 4.69) is 29.4 Å². The Kier molecular flexibility index (Phi) is 5.10. The van der Waals surface area contributed by atoms with Crippen molar-refractivity contribution < 1.29 is 9.53 Å². The number of aromatic amines is 1. The van der Waals surface area contributed by atoms with Gasteiger partial charge in [-0.05, 0) is 60.2 Å². The van der Waals surface area contributed by atoms with Gasteiger partial charge in [0.1, 0.15) is 11.6 Å². The number of fused-ring (bicyclic) bond motifs is 1. The molecule has 0 spiro atoms. The van der Waals surface area contributed by atoms with Crippen molar-refractivity contribution in [3.05, 3.63) is 59.9 Å². The molecule has 1 heterocycles. The average molecular weight is 405 g/mol. The lowest BCUT2D eigenvalue weighted by atomic mass is 9.65. The lowest BCUT2D eigenvalue weighted by molar-refractivity contribution is -0.135. The smallest absolute Gasteiger partial charge is 0.246 e. The van der Waals surface area contributed by atoms with Crippen molar-refractivity contribution in [3.63, 3.8) is 0 Å². The third-order valence-electron chi connectivity index (χ3n) is 6.96. The van der Waals surface area contributed by atoms with Gasteiger partial charge in [-0.2, -0.15) is 5.10 Å². The highest BCUT2D eigenvalue weighted by Gasteiger charge is 2.57. The molecule has 2 atom stereocenters. The number of hydrogen-bond acceptors (Lipinski definition) is 4. The summed E-state index contributed by atoms with van der Waals surface area (Å²) in [4.78, 5) is 21.4. The maximum Gasteiger partial charge on any atom is 0.246 e. The molecule has 30 heavy (non-hydrogen) atoms. The largest absolute Gasteiger partial charge is 0.497 e. The van der Waals surface area contributed by atoms with Gasteiger partial charge in [-0.1, -0.05) is 32.9 Å². The van der Waals surface area contributed by atoms with Crippen LogP contribution in [0.4, 0.5) is 0 Å². The molecule has 156 valence electrons. The molecule has 6 nitrogen and oxygen atoms in total. The SMILES string of the molecule is COc1ccc(/C=N\NC(=O)[C@@]2(C)CC[C@@H](c3nc4ccccc4[nH]3)C2(C)C)cc1. The maximum absolute atomic E-state index is 13.1. The Morgan fingerprint density at radius 3 is 2.63 bits per heavy atom. The number of hydrazone groups is 1. The Labute approximate surface area is 176 Å². The zero-order chi connectivity index (χ0) is 21.4. The Hall–Kier alpha value is -3.15. The number of methoxy groups -OCH3 is 1. The summed E-state index contributed by atoms with van der Waals surface area (Å²) in [6.45, 7) is 6.35.